The monoisotopic (exact) mass is 456 g/mol. The van der Waals surface area contributed by atoms with Gasteiger partial charge in [-0.1, -0.05) is 0 Å². The molecule has 2 aliphatic heterocycles. The Kier molecular flexibility index (Phi) is 4.76. The number of ether oxygens (including phenoxy) is 3. The molecule has 0 saturated heterocycles. The number of nitrogens with one attached hydrogen (secondary N) is 2. The average molecular weight is 457 g/mol. The van der Waals surface area contributed by atoms with Crippen LogP contribution in [0.4, 0.5) is 4.79 Å². The second kappa shape index (κ2) is 7.03. The van der Waals surface area contributed by atoms with Gasteiger partial charge in [0.05, 0.1) is 0 Å². The van der Waals surface area contributed by atoms with Crippen LogP contribution in [0.25, 0.3) is 0 Å². The highest BCUT2D eigenvalue weighted by molar-refractivity contribution is 6.00. The maximum Gasteiger partial charge on any atom is 0.408 e. The third-order valence-electron chi connectivity index (χ3n) is 8.47. The lowest BCUT2D eigenvalue weighted by Crippen LogP contribution is -2.64. The van der Waals surface area contributed by atoms with Gasteiger partial charge in [-0.25, -0.2) is 4.79 Å². The van der Waals surface area contributed by atoms with Crippen molar-refractivity contribution in [3.63, 3.8) is 0 Å². The quantitative estimate of drug-likeness (QED) is 0.674. The Morgan fingerprint density at radius 1 is 1.00 bits per heavy atom. The maximum absolute atomic E-state index is 12.6. The highest BCUT2D eigenvalue weighted by Crippen LogP contribution is 2.62. The first-order chi connectivity index (χ1) is 15.4. The third kappa shape index (κ3) is 3.38. The van der Waals surface area contributed by atoms with Crippen molar-refractivity contribution in [3.8, 4) is 11.5 Å². The van der Waals surface area contributed by atoms with E-state index >= 15 is 0 Å². The van der Waals surface area contributed by atoms with E-state index in [0.29, 0.717) is 6.54 Å². The molecule has 7 nitrogen and oxygen atoms in total. The van der Waals surface area contributed by atoms with Crippen molar-refractivity contribution < 1.29 is 23.8 Å². The second-order valence-corrected chi connectivity index (χ2v) is 11.6. The molecule has 3 aliphatic carbocycles. The van der Waals surface area contributed by atoms with Gasteiger partial charge in [0.15, 0.2) is 11.5 Å². The average Bonchev–Trinajstić information content (AvgIpc) is 3.11. The Bertz CT molecular complexity index is 1020. The second-order valence-electron chi connectivity index (χ2n) is 11.6. The zero-order chi connectivity index (χ0) is 23.8. The van der Waals surface area contributed by atoms with E-state index in [1.54, 1.807) is 0 Å². The van der Waals surface area contributed by atoms with Gasteiger partial charge in [-0.3, -0.25) is 4.79 Å². The molecule has 2 amide bonds. The van der Waals surface area contributed by atoms with Crippen molar-refractivity contribution in [2.75, 3.05) is 6.54 Å². The van der Waals surface area contributed by atoms with Crippen molar-refractivity contribution in [1.29, 1.82) is 0 Å². The fourth-order valence-corrected chi connectivity index (χ4v) is 6.46. The van der Waals surface area contributed by atoms with Crippen LogP contribution in [0.3, 0.4) is 0 Å². The predicted octanol–water partition coefficient (Wildman–Crippen LogP) is 4.69. The fraction of sp³-hybridized carbons (Fsp3) is 0.692. The molecule has 180 valence electrons. The van der Waals surface area contributed by atoms with E-state index in [4.69, 9.17) is 14.2 Å². The molecule has 7 heteroatoms. The van der Waals surface area contributed by atoms with Gasteiger partial charge in [-0.2, -0.15) is 0 Å². The summed E-state index contributed by atoms with van der Waals surface area (Å²) in [5.41, 5.74) is 2.86. The Morgan fingerprint density at radius 3 is 2.15 bits per heavy atom. The molecule has 3 fully saturated rings. The topological polar surface area (TPSA) is 85.9 Å². The van der Waals surface area contributed by atoms with E-state index in [0.717, 1.165) is 78.7 Å². The lowest BCUT2D eigenvalue weighted by Gasteiger charge is -2.57. The number of amides is 2. The lowest BCUT2D eigenvalue weighted by molar-refractivity contribution is -0.203. The van der Waals surface area contributed by atoms with Gasteiger partial charge < -0.3 is 24.8 Å². The van der Waals surface area contributed by atoms with Crippen LogP contribution in [0.2, 0.25) is 0 Å². The lowest BCUT2D eigenvalue weighted by atomic mass is 9.54. The van der Waals surface area contributed by atoms with E-state index in [1.165, 1.54) is 0 Å². The Balaban J connectivity index is 1.38. The summed E-state index contributed by atoms with van der Waals surface area (Å²) < 4.78 is 18.8. The van der Waals surface area contributed by atoms with Gasteiger partial charge in [-0.15, -0.1) is 0 Å². The van der Waals surface area contributed by atoms with Crippen LogP contribution >= 0.6 is 0 Å². The highest BCUT2D eigenvalue weighted by atomic mass is 16.7. The maximum atomic E-state index is 12.6. The molecule has 0 radical (unpaired) electrons. The van der Waals surface area contributed by atoms with Gasteiger partial charge in [0, 0.05) is 35.5 Å². The number of alkyl carbamates (subject to hydrolysis) is 1. The summed E-state index contributed by atoms with van der Waals surface area (Å²) in [5.74, 6) is 0.703. The number of rotatable bonds is 2. The van der Waals surface area contributed by atoms with Crippen molar-refractivity contribution in [2.24, 2.45) is 5.41 Å². The minimum Gasteiger partial charge on any atom is -0.448 e. The molecule has 1 aromatic carbocycles. The molecule has 2 heterocycles. The van der Waals surface area contributed by atoms with E-state index in [-0.39, 0.29) is 23.0 Å². The van der Waals surface area contributed by atoms with Crippen molar-refractivity contribution in [3.05, 3.63) is 22.3 Å². The van der Waals surface area contributed by atoms with Gasteiger partial charge in [0.25, 0.3) is 11.7 Å². The van der Waals surface area contributed by atoms with Gasteiger partial charge >= 0.3 is 6.09 Å². The summed E-state index contributed by atoms with van der Waals surface area (Å²) in [6.07, 6.45) is 5.83. The van der Waals surface area contributed by atoms with Crippen LogP contribution in [-0.2, 0) is 11.2 Å². The molecule has 5 aliphatic rings. The number of hydrogen-bond acceptors (Lipinski definition) is 5. The Labute approximate surface area is 195 Å². The van der Waals surface area contributed by atoms with E-state index in [2.05, 4.69) is 17.6 Å². The van der Waals surface area contributed by atoms with Gasteiger partial charge in [-0.05, 0) is 90.7 Å². The number of carbonyl (C=O) groups excluding carboxylic acids is 2. The van der Waals surface area contributed by atoms with Crippen LogP contribution in [0.5, 0.6) is 11.5 Å². The zero-order valence-electron chi connectivity index (χ0n) is 20.7. The molecule has 6 rings (SSSR count). The van der Waals surface area contributed by atoms with Crippen LogP contribution in [-0.4, -0.2) is 35.5 Å². The first kappa shape index (κ1) is 22.4. The summed E-state index contributed by atoms with van der Waals surface area (Å²) in [7, 11) is 0. The predicted molar refractivity (Wildman–Crippen MR) is 124 cm³/mol. The molecule has 1 atom stereocenters. The SMILES string of the molecule is Cc1c2c(c(C)c3c1OC(C)(C14CCC(NC(=O)OC(C)(C)C)(CC1)CC4)O3)C(=O)NCC2. The summed E-state index contributed by atoms with van der Waals surface area (Å²) in [5, 5.41) is 6.15. The standard InChI is InChI=1S/C26H36N2O5/c1-15-17-7-14-27-21(29)18(17)16(2)20-19(15)31-24(6,32-20)25-8-11-26(12-9-25,13-10-25)28-22(30)33-23(3,4)5/h7-14H2,1-6H3,(H,27,29)(H,28,30). The van der Waals surface area contributed by atoms with Crippen LogP contribution in [0, 0.1) is 19.3 Å². The molecule has 1 unspecified atom stereocenters. The third-order valence-corrected chi connectivity index (χ3v) is 8.47. The van der Waals surface area contributed by atoms with Crippen LogP contribution < -0.4 is 20.1 Å². The normalized spacial score (nSPS) is 32.2. The summed E-state index contributed by atoms with van der Waals surface area (Å²) in [6, 6.07) is 0. The first-order valence-electron chi connectivity index (χ1n) is 12.2. The summed E-state index contributed by atoms with van der Waals surface area (Å²) in [4.78, 5) is 25.1. The van der Waals surface area contributed by atoms with E-state index < -0.39 is 11.4 Å². The highest BCUT2D eigenvalue weighted by Gasteiger charge is 2.62. The largest absolute Gasteiger partial charge is 0.448 e. The molecule has 2 bridgehead atoms. The molecule has 0 aromatic heterocycles. The van der Waals surface area contributed by atoms with Crippen LogP contribution in [0.15, 0.2) is 0 Å². The number of benzene rings is 1. The molecular weight excluding hydrogens is 420 g/mol. The molecule has 0 spiro atoms. The number of fused-ring (bicyclic) bond motifs is 5. The molecule has 33 heavy (non-hydrogen) atoms. The smallest absolute Gasteiger partial charge is 0.408 e. The molecular formula is C26H36N2O5. The van der Waals surface area contributed by atoms with Crippen molar-refractivity contribution in [2.45, 2.75) is 103 Å². The molecule has 1 aromatic rings. The minimum absolute atomic E-state index is 0.0247. The van der Waals surface area contributed by atoms with Gasteiger partial charge in [0.2, 0.25) is 0 Å². The van der Waals surface area contributed by atoms with Gasteiger partial charge in [0.1, 0.15) is 5.60 Å². The first-order valence-corrected chi connectivity index (χ1v) is 12.2. The number of hydrogen-bond donors (Lipinski definition) is 2. The summed E-state index contributed by atoms with van der Waals surface area (Å²) >= 11 is 0. The minimum atomic E-state index is -0.788. The van der Waals surface area contributed by atoms with Crippen molar-refractivity contribution >= 4 is 12.0 Å². The Morgan fingerprint density at radius 2 is 1.58 bits per heavy atom. The van der Waals surface area contributed by atoms with E-state index in [9.17, 15) is 9.59 Å². The summed E-state index contributed by atoms with van der Waals surface area (Å²) in [6.45, 7) is 12.4. The van der Waals surface area contributed by atoms with Crippen LogP contribution in [0.1, 0.15) is 93.3 Å². The molecule has 2 N–H and O–H groups in total. The van der Waals surface area contributed by atoms with Crippen molar-refractivity contribution in [1.82, 2.24) is 10.6 Å². The fourth-order valence-electron chi connectivity index (χ4n) is 6.46. The number of carbonyl (C=O) groups is 2. The Hall–Kier alpha value is -2.44. The zero-order valence-corrected chi connectivity index (χ0v) is 20.7. The molecule has 3 saturated carbocycles. The van der Waals surface area contributed by atoms with E-state index in [1.807, 2.05) is 34.6 Å².